The first kappa shape index (κ1) is 12.1. The molecule has 2 rings (SSSR count). The topological polar surface area (TPSA) is 76.7 Å². The number of aromatic hydroxyl groups is 1. The molecule has 0 amide bonds. The minimum absolute atomic E-state index is 0.0378. The predicted molar refractivity (Wildman–Crippen MR) is 59.8 cm³/mol. The summed E-state index contributed by atoms with van der Waals surface area (Å²) in [6, 6.07) is 4.26. The molecule has 1 N–H and O–H groups in total. The van der Waals surface area contributed by atoms with Crippen molar-refractivity contribution >= 4 is 16.9 Å². The van der Waals surface area contributed by atoms with Crippen LogP contribution in [0.2, 0.25) is 0 Å². The number of fused-ring (bicyclic) bond motifs is 1. The van der Waals surface area contributed by atoms with Gasteiger partial charge in [-0.1, -0.05) is 0 Å². The van der Waals surface area contributed by atoms with Crippen LogP contribution in [0, 0.1) is 6.92 Å². The SMILES string of the molecule is Cc1c(CC(=O)OF)c(=O)oc2cc(O)ccc12. The number of carbonyl (C=O) groups excluding carboxylic acids is 1. The highest BCUT2D eigenvalue weighted by Gasteiger charge is 2.16. The highest BCUT2D eigenvalue weighted by molar-refractivity contribution is 5.83. The van der Waals surface area contributed by atoms with Crippen molar-refractivity contribution in [3.8, 4) is 5.75 Å². The summed E-state index contributed by atoms with van der Waals surface area (Å²) in [4.78, 5) is 25.5. The van der Waals surface area contributed by atoms with Crippen molar-refractivity contribution in [3.63, 3.8) is 0 Å². The molecule has 5 nitrogen and oxygen atoms in total. The highest BCUT2D eigenvalue weighted by Crippen LogP contribution is 2.23. The lowest BCUT2D eigenvalue weighted by molar-refractivity contribution is -0.182. The van der Waals surface area contributed by atoms with E-state index >= 15 is 0 Å². The van der Waals surface area contributed by atoms with E-state index in [1.807, 2.05) is 0 Å². The van der Waals surface area contributed by atoms with Gasteiger partial charge in [-0.25, -0.2) is 9.59 Å². The van der Waals surface area contributed by atoms with Crippen LogP contribution >= 0.6 is 0 Å². The third kappa shape index (κ3) is 2.04. The predicted octanol–water partition coefficient (Wildman–Crippen LogP) is 1.78. The molecule has 0 aliphatic carbocycles. The van der Waals surface area contributed by atoms with Gasteiger partial charge in [0.1, 0.15) is 11.3 Å². The van der Waals surface area contributed by atoms with E-state index in [9.17, 15) is 19.2 Å². The van der Waals surface area contributed by atoms with Crippen molar-refractivity contribution in [2.45, 2.75) is 13.3 Å². The van der Waals surface area contributed by atoms with E-state index in [0.717, 1.165) is 0 Å². The van der Waals surface area contributed by atoms with E-state index in [2.05, 4.69) is 4.94 Å². The molecule has 1 aromatic carbocycles. The summed E-state index contributed by atoms with van der Waals surface area (Å²) in [6.07, 6.45) is -0.499. The normalized spacial score (nSPS) is 10.6. The molecule has 0 unspecified atom stereocenters. The van der Waals surface area contributed by atoms with Crippen LogP contribution < -0.4 is 5.63 Å². The summed E-state index contributed by atoms with van der Waals surface area (Å²) >= 11 is 0. The molecule has 0 saturated heterocycles. The lowest BCUT2D eigenvalue weighted by Crippen LogP contribution is -2.15. The maximum Gasteiger partial charge on any atom is 0.353 e. The molecule has 0 spiro atoms. The van der Waals surface area contributed by atoms with Gasteiger partial charge in [0.15, 0.2) is 0 Å². The Hall–Kier alpha value is -2.37. The van der Waals surface area contributed by atoms with Gasteiger partial charge in [0.2, 0.25) is 0 Å². The van der Waals surface area contributed by atoms with E-state index in [1.54, 1.807) is 13.0 Å². The molecule has 0 fully saturated rings. The van der Waals surface area contributed by atoms with Crippen LogP contribution in [-0.4, -0.2) is 11.1 Å². The molecule has 0 atom stereocenters. The molecule has 2 aromatic rings. The number of aryl methyl sites for hydroxylation is 1. The highest BCUT2D eigenvalue weighted by atomic mass is 19.3. The van der Waals surface area contributed by atoms with E-state index in [1.165, 1.54) is 12.1 Å². The first-order valence-electron chi connectivity index (χ1n) is 5.09. The smallest absolute Gasteiger partial charge is 0.353 e. The molecule has 0 bridgehead atoms. The lowest BCUT2D eigenvalue weighted by Gasteiger charge is -2.06. The van der Waals surface area contributed by atoms with Crippen molar-refractivity contribution < 1.29 is 23.8 Å². The molecule has 0 aliphatic rings. The number of benzene rings is 1. The maximum atomic E-state index is 11.7. The molecule has 1 heterocycles. The third-order valence-corrected chi connectivity index (χ3v) is 2.68. The molecule has 0 aliphatic heterocycles. The van der Waals surface area contributed by atoms with Gasteiger partial charge in [-0.15, -0.1) is 0 Å². The Morgan fingerprint density at radius 1 is 1.50 bits per heavy atom. The number of phenolic OH excluding ortho intramolecular Hbond substituents is 1. The average Bonchev–Trinajstić information content (AvgIpc) is 2.33. The molecular formula is C12H9FO5. The minimum Gasteiger partial charge on any atom is -0.508 e. The fraction of sp³-hybridized carbons (Fsp3) is 0.167. The monoisotopic (exact) mass is 252 g/mol. The fourth-order valence-electron chi connectivity index (χ4n) is 1.76. The zero-order valence-corrected chi connectivity index (χ0v) is 9.40. The molecule has 0 radical (unpaired) electrons. The van der Waals surface area contributed by atoms with Gasteiger partial charge in [-0.2, -0.15) is 0 Å². The summed E-state index contributed by atoms with van der Waals surface area (Å²) in [5, 5.41) is 9.84. The molecule has 0 saturated carbocycles. The number of carbonyl (C=O) groups is 1. The molecule has 18 heavy (non-hydrogen) atoms. The zero-order valence-electron chi connectivity index (χ0n) is 9.40. The van der Waals surface area contributed by atoms with Crippen molar-refractivity contribution in [1.82, 2.24) is 0 Å². The van der Waals surface area contributed by atoms with Gasteiger partial charge in [-0.05, 0) is 24.6 Å². The summed E-state index contributed by atoms with van der Waals surface area (Å²) in [5.74, 6) is -1.20. The fourth-order valence-corrected chi connectivity index (χ4v) is 1.76. The van der Waals surface area contributed by atoms with E-state index in [0.29, 0.717) is 10.9 Å². The first-order chi connectivity index (χ1) is 8.52. The Bertz CT molecular complexity index is 674. The Morgan fingerprint density at radius 3 is 2.89 bits per heavy atom. The Kier molecular flexibility index (Phi) is 3.01. The summed E-state index contributed by atoms with van der Waals surface area (Å²) in [6.45, 7) is 1.61. The van der Waals surface area contributed by atoms with Crippen molar-refractivity contribution in [2.24, 2.45) is 0 Å². The number of rotatable bonds is 2. The van der Waals surface area contributed by atoms with Crippen LogP contribution in [-0.2, 0) is 16.2 Å². The van der Waals surface area contributed by atoms with Crippen LogP contribution in [0.5, 0.6) is 5.75 Å². The average molecular weight is 252 g/mol. The molecular weight excluding hydrogens is 243 g/mol. The second kappa shape index (κ2) is 4.48. The zero-order chi connectivity index (χ0) is 13.3. The third-order valence-electron chi connectivity index (χ3n) is 2.68. The van der Waals surface area contributed by atoms with Gasteiger partial charge >= 0.3 is 11.6 Å². The van der Waals surface area contributed by atoms with Gasteiger partial charge in [0.05, 0.1) is 12.0 Å². The standard InChI is InChI=1S/C12H9FO5/c1-6-8-3-2-7(14)4-10(8)17-12(16)9(6)5-11(15)18-13/h2-4,14H,5H2,1H3. The summed E-state index contributed by atoms with van der Waals surface area (Å²) in [7, 11) is 0. The van der Waals surface area contributed by atoms with Gasteiger partial charge in [0, 0.05) is 16.0 Å². The van der Waals surface area contributed by atoms with E-state index in [-0.39, 0.29) is 16.9 Å². The second-order valence-corrected chi connectivity index (χ2v) is 3.80. The van der Waals surface area contributed by atoms with Crippen LogP contribution in [0.1, 0.15) is 11.1 Å². The Balaban J connectivity index is 2.65. The number of hydrogen-bond donors (Lipinski definition) is 1. The number of halogens is 1. The van der Waals surface area contributed by atoms with Crippen LogP contribution in [0.3, 0.4) is 0 Å². The van der Waals surface area contributed by atoms with Crippen molar-refractivity contribution in [2.75, 3.05) is 0 Å². The second-order valence-electron chi connectivity index (χ2n) is 3.80. The minimum atomic E-state index is -1.16. The first-order valence-corrected chi connectivity index (χ1v) is 5.09. The Morgan fingerprint density at radius 2 is 2.22 bits per heavy atom. The van der Waals surface area contributed by atoms with Crippen LogP contribution in [0.25, 0.3) is 11.0 Å². The van der Waals surface area contributed by atoms with E-state index < -0.39 is 18.0 Å². The number of hydrogen-bond acceptors (Lipinski definition) is 5. The number of phenols is 1. The summed E-state index contributed by atoms with van der Waals surface area (Å²) in [5.41, 5.74) is -0.0200. The van der Waals surface area contributed by atoms with Gasteiger partial charge in [0.25, 0.3) is 0 Å². The van der Waals surface area contributed by atoms with Gasteiger partial charge in [-0.3, -0.25) is 4.94 Å². The van der Waals surface area contributed by atoms with Crippen LogP contribution in [0.4, 0.5) is 4.53 Å². The van der Waals surface area contributed by atoms with E-state index in [4.69, 9.17) is 4.42 Å². The molecule has 6 heteroatoms. The maximum absolute atomic E-state index is 11.7. The van der Waals surface area contributed by atoms with Crippen molar-refractivity contribution in [3.05, 3.63) is 39.7 Å². The largest absolute Gasteiger partial charge is 0.508 e. The van der Waals surface area contributed by atoms with Crippen molar-refractivity contribution in [1.29, 1.82) is 0 Å². The lowest BCUT2D eigenvalue weighted by atomic mass is 10.0. The summed E-state index contributed by atoms with van der Waals surface area (Å²) < 4.78 is 16.6. The molecule has 94 valence electrons. The molecule has 1 aromatic heterocycles. The van der Waals surface area contributed by atoms with Crippen LogP contribution in [0.15, 0.2) is 27.4 Å². The van der Waals surface area contributed by atoms with Gasteiger partial charge < -0.3 is 9.52 Å². The quantitative estimate of drug-likeness (QED) is 0.824. The Labute approximate surface area is 100 Å².